The first kappa shape index (κ1) is 12.7. The average molecular weight is 252 g/mol. The Morgan fingerprint density at radius 1 is 1.44 bits per heavy atom. The highest BCUT2D eigenvalue weighted by atomic mass is 19.1. The predicted molar refractivity (Wildman–Crippen MR) is 68.5 cm³/mol. The van der Waals surface area contributed by atoms with Crippen LogP contribution in [0.15, 0.2) is 18.2 Å². The molecule has 0 aliphatic carbocycles. The van der Waals surface area contributed by atoms with Gasteiger partial charge in [-0.15, -0.1) is 0 Å². The van der Waals surface area contributed by atoms with Crippen LogP contribution in [0.2, 0.25) is 0 Å². The van der Waals surface area contributed by atoms with Crippen molar-refractivity contribution in [1.82, 2.24) is 0 Å². The van der Waals surface area contributed by atoms with Crippen LogP contribution in [0.25, 0.3) is 0 Å². The van der Waals surface area contributed by atoms with Crippen molar-refractivity contribution in [3.63, 3.8) is 0 Å². The lowest BCUT2D eigenvalue weighted by molar-refractivity contribution is 0.0581. The van der Waals surface area contributed by atoms with E-state index in [0.717, 1.165) is 5.69 Å². The summed E-state index contributed by atoms with van der Waals surface area (Å²) in [6.45, 7) is 6.50. The average Bonchev–Trinajstić information content (AvgIpc) is 2.25. The van der Waals surface area contributed by atoms with E-state index in [-0.39, 0.29) is 5.82 Å². The second kappa shape index (κ2) is 4.48. The molecule has 0 saturated heterocycles. The molecular formula is C13H17FN2O2. The van der Waals surface area contributed by atoms with Gasteiger partial charge in [-0.25, -0.2) is 9.18 Å². The van der Waals surface area contributed by atoms with Crippen molar-refractivity contribution in [2.24, 2.45) is 0 Å². The first-order valence-electron chi connectivity index (χ1n) is 5.91. The maximum atomic E-state index is 13.3. The molecule has 1 aliphatic rings. The third-order valence-electron chi connectivity index (χ3n) is 2.52. The number of fused-ring (bicyclic) bond motifs is 1. The minimum Gasteiger partial charge on any atom is -0.443 e. The molecule has 0 radical (unpaired) electrons. The number of halogens is 1. The molecule has 1 aliphatic heterocycles. The van der Waals surface area contributed by atoms with Crippen molar-refractivity contribution in [2.45, 2.75) is 26.4 Å². The number of carbonyl (C=O) groups excluding carboxylic acids is 1. The van der Waals surface area contributed by atoms with E-state index in [0.29, 0.717) is 18.8 Å². The number of anilines is 2. The van der Waals surface area contributed by atoms with Crippen LogP contribution < -0.4 is 10.2 Å². The fourth-order valence-corrected chi connectivity index (χ4v) is 1.81. The Bertz CT molecular complexity index is 469. The number of hydrogen-bond acceptors (Lipinski definition) is 3. The lowest BCUT2D eigenvalue weighted by Gasteiger charge is -2.32. The molecule has 4 nitrogen and oxygen atoms in total. The third kappa shape index (κ3) is 2.72. The summed E-state index contributed by atoms with van der Waals surface area (Å²) in [5, 5.41) is 3.12. The summed E-state index contributed by atoms with van der Waals surface area (Å²) in [6.07, 6.45) is -0.448. The number of amides is 1. The van der Waals surface area contributed by atoms with Gasteiger partial charge in [0.05, 0.1) is 11.4 Å². The highest BCUT2D eigenvalue weighted by Gasteiger charge is 2.27. The molecule has 5 heteroatoms. The van der Waals surface area contributed by atoms with E-state index in [1.807, 2.05) is 0 Å². The zero-order valence-corrected chi connectivity index (χ0v) is 10.8. The van der Waals surface area contributed by atoms with Gasteiger partial charge in [0.2, 0.25) is 0 Å². The Morgan fingerprint density at radius 2 is 2.17 bits per heavy atom. The molecular weight excluding hydrogens is 235 g/mol. The molecule has 0 fully saturated rings. The quantitative estimate of drug-likeness (QED) is 0.771. The summed E-state index contributed by atoms with van der Waals surface area (Å²) in [4.78, 5) is 13.5. The number of benzene rings is 1. The Labute approximate surface area is 106 Å². The van der Waals surface area contributed by atoms with Crippen LogP contribution in [0, 0.1) is 5.82 Å². The van der Waals surface area contributed by atoms with Gasteiger partial charge in [-0.1, -0.05) is 0 Å². The van der Waals surface area contributed by atoms with E-state index in [1.54, 1.807) is 26.8 Å². The third-order valence-corrected chi connectivity index (χ3v) is 2.52. The molecule has 0 atom stereocenters. The molecule has 18 heavy (non-hydrogen) atoms. The highest BCUT2D eigenvalue weighted by molar-refractivity contribution is 5.93. The first-order valence-corrected chi connectivity index (χ1v) is 5.91. The van der Waals surface area contributed by atoms with Crippen molar-refractivity contribution < 1.29 is 13.9 Å². The van der Waals surface area contributed by atoms with Gasteiger partial charge in [0.25, 0.3) is 0 Å². The van der Waals surface area contributed by atoms with Crippen molar-refractivity contribution in [3.8, 4) is 0 Å². The van der Waals surface area contributed by atoms with Crippen molar-refractivity contribution in [1.29, 1.82) is 0 Å². The Balaban J connectivity index is 2.27. The van der Waals surface area contributed by atoms with Gasteiger partial charge in [0.15, 0.2) is 0 Å². The van der Waals surface area contributed by atoms with E-state index in [2.05, 4.69) is 5.32 Å². The smallest absolute Gasteiger partial charge is 0.414 e. The summed E-state index contributed by atoms with van der Waals surface area (Å²) in [5.74, 6) is -0.369. The lowest BCUT2D eigenvalue weighted by atomic mass is 10.2. The monoisotopic (exact) mass is 252 g/mol. The van der Waals surface area contributed by atoms with Gasteiger partial charge < -0.3 is 10.1 Å². The molecule has 2 rings (SSSR count). The van der Waals surface area contributed by atoms with Gasteiger partial charge in [0, 0.05) is 13.1 Å². The van der Waals surface area contributed by atoms with E-state index in [4.69, 9.17) is 4.74 Å². The van der Waals surface area contributed by atoms with E-state index in [1.165, 1.54) is 17.0 Å². The summed E-state index contributed by atoms with van der Waals surface area (Å²) < 4.78 is 18.6. The minimum atomic E-state index is -0.560. The fourth-order valence-electron chi connectivity index (χ4n) is 1.81. The largest absolute Gasteiger partial charge is 0.443 e. The van der Waals surface area contributed by atoms with Gasteiger partial charge >= 0.3 is 6.09 Å². The summed E-state index contributed by atoms with van der Waals surface area (Å²) in [6, 6.07) is 4.33. The first-order chi connectivity index (χ1) is 8.37. The number of nitrogens with one attached hydrogen (secondary N) is 1. The molecule has 0 bridgehead atoms. The van der Waals surface area contributed by atoms with Gasteiger partial charge in [-0.05, 0) is 39.0 Å². The normalized spacial score (nSPS) is 14.8. The SMILES string of the molecule is CC(C)(C)OC(=O)N1CCNc2ccc(F)cc21. The summed E-state index contributed by atoms with van der Waals surface area (Å²) >= 11 is 0. The molecule has 1 N–H and O–H groups in total. The standard InChI is InChI=1S/C13H17FN2O2/c1-13(2,3)18-12(17)16-7-6-15-10-5-4-9(14)8-11(10)16/h4-5,8,15H,6-7H2,1-3H3. The number of hydrogen-bond donors (Lipinski definition) is 1. The highest BCUT2D eigenvalue weighted by Crippen LogP contribution is 2.30. The Morgan fingerprint density at radius 3 is 2.83 bits per heavy atom. The molecule has 0 aromatic heterocycles. The van der Waals surface area contributed by atoms with Crippen molar-refractivity contribution >= 4 is 17.5 Å². The minimum absolute atomic E-state index is 0.369. The second-order valence-electron chi connectivity index (χ2n) is 5.22. The predicted octanol–water partition coefficient (Wildman–Crippen LogP) is 2.99. The van der Waals surface area contributed by atoms with Crippen LogP contribution in [-0.4, -0.2) is 24.8 Å². The second-order valence-corrected chi connectivity index (χ2v) is 5.22. The van der Waals surface area contributed by atoms with E-state index >= 15 is 0 Å². The van der Waals surface area contributed by atoms with Gasteiger partial charge in [0.1, 0.15) is 11.4 Å². The molecule has 0 saturated carbocycles. The van der Waals surface area contributed by atoms with E-state index < -0.39 is 11.7 Å². The molecule has 1 aromatic carbocycles. The van der Waals surface area contributed by atoms with Crippen LogP contribution in [-0.2, 0) is 4.74 Å². The Hall–Kier alpha value is -1.78. The number of ether oxygens (including phenoxy) is 1. The van der Waals surface area contributed by atoms with Gasteiger partial charge in [-0.2, -0.15) is 0 Å². The molecule has 0 unspecified atom stereocenters. The molecule has 0 spiro atoms. The fraction of sp³-hybridized carbons (Fsp3) is 0.462. The summed E-state index contributed by atoms with van der Waals surface area (Å²) in [5.41, 5.74) is 0.708. The van der Waals surface area contributed by atoms with Crippen LogP contribution in [0.4, 0.5) is 20.6 Å². The van der Waals surface area contributed by atoms with Crippen molar-refractivity contribution in [2.75, 3.05) is 23.3 Å². The zero-order chi connectivity index (χ0) is 13.3. The number of nitrogens with zero attached hydrogens (tertiary/aromatic N) is 1. The Kier molecular flexibility index (Phi) is 3.15. The van der Waals surface area contributed by atoms with Crippen LogP contribution in [0.3, 0.4) is 0 Å². The van der Waals surface area contributed by atoms with Crippen LogP contribution in [0.5, 0.6) is 0 Å². The van der Waals surface area contributed by atoms with Gasteiger partial charge in [-0.3, -0.25) is 4.90 Å². The van der Waals surface area contributed by atoms with Crippen LogP contribution >= 0.6 is 0 Å². The number of carbonyl (C=O) groups is 1. The molecule has 1 heterocycles. The maximum Gasteiger partial charge on any atom is 0.414 e. The zero-order valence-electron chi connectivity index (χ0n) is 10.8. The lowest BCUT2D eigenvalue weighted by Crippen LogP contribution is -2.42. The molecule has 1 aromatic rings. The maximum absolute atomic E-state index is 13.3. The molecule has 98 valence electrons. The molecule has 1 amide bonds. The van der Waals surface area contributed by atoms with Crippen LogP contribution in [0.1, 0.15) is 20.8 Å². The van der Waals surface area contributed by atoms with E-state index in [9.17, 15) is 9.18 Å². The summed E-state index contributed by atoms with van der Waals surface area (Å²) in [7, 11) is 0. The topological polar surface area (TPSA) is 41.6 Å². The van der Waals surface area contributed by atoms with Crippen molar-refractivity contribution in [3.05, 3.63) is 24.0 Å². The number of rotatable bonds is 0.